The molecular weight excluding hydrogens is 284 g/mol. The second-order valence-electron chi connectivity index (χ2n) is 4.36. The molecule has 1 radical (unpaired) electrons. The average Bonchev–Trinajstić information content (AvgIpc) is 2.22. The lowest BCUT2D eigenvalue weighted by Crippen LogP contribution is -2.45. The predicted molar refractivity (Wildman–Crippen MR) is 53.7 cm³/mol. The fraction of sp³-hybridized carbons (Fsp3) is 0.909. The van der Waals surface area contributed by atoms with Crippen LogP contribution in [-0.4, -0.2) is 17.8 Å². The third-order valence-corrected chi connectivity index (χ3v) is 2.60. The Bertz CT molecular complexity index is 261. The van der Waals surface area contributed by atoms with Gasteiger partial charge in [-0.05, 0) is 6.42 Å². The highest BCUT2D eigenvalue weighted by molar-refractivity contribution is 4.94. The van der Waals surface area contributed by atoms with E-state index in [0.717, 1.165) is 0 Å². The molecule has 0 unspecified atom stereocenters. The van der Waals surface area contributed by atoms with E-state index in [1.165, 1.54) is 0 Å². The Labute approximate surface area is 106 Å². The number of unbranched alkanes of at least 4 members (excludes halogenated alkanes) is 3. The fourth-order valence-corrected chi connectivity index (χ4v) is 1.43. The Balaban J connectivity index is 4.59. The summed E-state index contributed by atoms with van der Waals surface area (Å²) in [5.41, 5.74) is 0. The number of halogens is 8. The van der Waals surface area contributed by atoms with Crippen molar-refractivity contribution in [2.75, 3.05) is 0 Å². The molecule has 0 spiro atoms. The first-order valence-corrected chi connectivity index (χ1v) is 5.78. The van der Waals surface area contributed by atoms with Crippen LogP contribution in [0.3, 0.4) is 0 Å². The minimum absolute atomic E-state index is 0.252. The van der Waals surface area contributed by atoms with Crippen LogP contribution in [0.5, 0.6) is 0 Å². The van der Waals surface area contributed by atoms with Crippen molar-refractivity contribution in [3.8, 4) is 0 Å². The summed E-state index contributed by atoms with van der Waals surface area (Å²) in [6.45, 7) is 1.77. The lowest BCUT2D eigenvalue weighted by Gasteiger charge is -2.29. The summed E-state index contributed by atoms with van der Waals surface area (Å²) < 4.78 is 100. The van der Waals surface area contributed by atoms with E-state index in [1.54, 1.807) is 6.92 Å². The molecule has 0 bridgehead atoms. The van der Waals surface area contributed by atoms with Gasteiger partial charge in [0, 0.05) is 6.42 Å². The number of hydrogen-bond acceptors (Lipinski definition) is 0. The number of hydrogen-bond donors (Lipinski definition) is 0. The van der Waals surface area contributed by atoms with Crippen LogP contribution >= 0.6 is 0 Å². The van der Waals surface area contributed by atoms with Gasteiger partial charge in [-0.2, -0.15) is 35.1 Å². The Morgan fingerprint density at radius 2 is 1.32 bits per heavy atom. The van der Waals surface area contributed by atoms with Gasteiger partial charge in [-0.1, -0.05) is 26.2 Å². The molecule has 0 amide bonds. The summed E-state index contributed by atoms with van der Waals surface area (Å²) in [5, 5.41) is 0. The Hall–Kier alpha value is -0.560. The molecule has 0 aromatic heterocycles. The van der Waals surface area contributed by atoms with E-state index in [0.29, 0.717) is 12.8 Å². The maximum Gasteiger partial charge on any atom is 0.378 e. The molecule has 19 heavy (non-hydrogen) atoms. The van der Waals surface area contributed by atoms with E-state index in [4.69, 9.17) is 0 Å². The normalized spacial score (nSPS) is 14.2. The molecule has 0 rings (SSSR count). The van der Waals surface area contributed by atoms with Crippen LogP contribution in [0.1, 0.15) is 45.4 Å². The second kappa shape index (κ2) is 6.74. The highest BCUT2D eigenvalue weighted by Crippen LogP contribution is 2.47. The van der Waals surface area contributed by atoms with Gasteiger partial charge in [-0.3, -0.25) is 0 Å². The minimum atomic E-state index is -5.21. The van der Waals surface area contributed by atoms with Crippen molar-refractivity contribution in [3.05, 3.63) is 6.43 Å². The maximum atomic E-state index is 13.1. The van der Waals surface area contributed by atoms with Crippen molar-refractivity contribution in [1.82, 2.24) is 0 Å². The van der Waals surface area contributed by atoms with E-state index >= 15 is 0 Å². The zero-order chi connectivity index (χ0) is 15.3. The van der Waals surface area contributed by atoms with Crippen molar-refractivity contribution in [2.24, 2.45) is 0 Å². The molecule has 0 aromatic rings. The minimum Gasteiger partial charge on any atom is -0.200 e. The monoisotopic (exact) mass is 299 g/mol. The van der Waals surface area contributed by atoms with Gasteiger partial charge in [0.1, 0.15) is 0 Å². The van der Waals surface area contributed by atoms with E-state index in [9.17, 15) is 35.1 Å². The van der Waals surface area contributed by atoms with Gasteiger partial charge in [0.15, 0.2) is 0 Å². The smallest absolute Gasteiger partial charge is 0.200 e. The van der Waals surface area contributed by atoms with Gasteiger partial charge in [0.25, 0.3) is 0 Å². The molecular formula is C11H15F8. The molecule has 0 aliphatic carbocycles. The Kier molecular flexibility index (Phi) is 6.54. The first-order valence-electron chi connectivity index (χ1n) is 5.78. The molecule has 0 saturated carbocycles. The third kappa shape index (κ3) is 5.52. The second-order valence-corrected chi connectivity index (χ2v) is 4.36. The SMILES string of the molecule is CCCCCCC(F)(F)C(F)(F)CC(F)(F)[C](F)F. The Morgan fingerprint density at radius 1 is 0.789 bits per heavy atom. The molecule has 8 heteroatoms. The van der Waals surface area contributed by atoms with Crippen LogP contribution in [0, 0.1) is 6.43 Å². The summed E-state index contributed by atoms with van der Waals surface area (Å²) in [6, 6.07) is 0. The van der Waals surface area contributed by atoms with Gasteiger partial charge in [0.2, 0.25) is 0 Å². The molecule has 0 atom stereocenters. The Morgan fingerprint density at radius 3 is 1.74 bits per heavy atom. The summed E-state index contributed by atoms with van der Waals surface area (Å²) in [7, 11) is 0. The standard InChI is InChI=1S/C11H15F8/c1-2-3-4-5-6-10(16,17)11(18,19)7-9(14,15)8(12)13/h2-7H2,1H3. The van der Waals surface area contributed by atoms with Crippen molar-refractivity contribution in [1.29, 1.82) is 0 Å². The first kappa shape index (κ1) is 18.4. The topological polar surface area (TPSA) is 0 Å². The third-order valence-electron chi connectivity index (χ3n) is 2.60. The maximum absolute atomic E-state index is 13.1. The van der Waals surface area contributed by atoms with Crippen molar-refractivity contribution < 1.29 is 35.1 Å². The van der Waals surface area contributed by atoms with Crippen LogP contribution < -0.4 is 0 Å². The lowest BCUT2D eigenvalue weighted by atomic mass is 9.98. The van der Waals surface area contributed by atoms with E-state index in [-0.39, 0.29) is 12.8 Å². The largest absolute Gasteiger partial charge is 0.378 e. The van der Waals surface area contributed by atoms with Crippen LogP contribution in [0.4, 0.5) is 35.1 Å². The average molecular weight is 299 g/mol. The zero-order valence-corrected chi connectivity index (χ0v) is 10.3. The first-order chi connectivity index (χ1) is 8.46. The highest BCUT2D eigenvalue weighted by Gasteiger charge is 2.62. The van der Waals surface area contributed by atoms with Crippen molar-refractivity contribution in [2.45, 2.75) is 63.2 Å². The molecule has 0 N–H and O–H groups in total. The highest BCUT2D eigenvalue weighted by atomic mass is 19.3. The quantitative estimate of drug-likeness (QED) is 0.379. The van der Waals surface area contributed by atoms with Crippen LogP contribution in [0.2, 0.25) is 0 Å². The number of rotatable bonds is 9. The van der Waals surface area contributed by atoms with Gasteiger partial charge < -0.3 is 0 Å². The van der Waals surface area contributed by atoms with Gasteiger partial charge in [-0.25, -0.2) is 0 Å². The van der Waals surface area contributed by atoms with E-state index in [2.05, 4.69) is 0 Å². The molecule has 0 aliphatic heterocycles. The summed E-state index contributed by atoms with van der Waals surface area (Å²) in [4.78, 5) is 0. The van der Waals surface area contributed by atoms with E-state index in [1.807, 2.05) is 0 Å². The lowest BCUT2D eigenvalue weighted by molar-refractivity contribution is -0.246. The van der Waals surface area contributed by atoms with Gasteiger partial charge in [0.05, 0.1) is 6.42 Å². The summed E-state index contributed by atoms with van der Waals surface area (Å²) in [5.74, 6) is -15.1. The van der Waals surface area contributed by atoms with Crippen molar-refractivity contribution in [3.63, 3.8) is 0 Å². The summed E-state index contributed by atoms with van der Waals surface area (Å²) in [6.07, 6.45) is -6.57. The molecule has 0 fully saturated rings. The molecule has 0 aromatic carbocycles. The summed E-state index contributed by atoms with van der Waals surface area (Å²) >= 11 is 0. The number of alkyl halides is 6. The van der Waals surface area contributed by atoms with Gasteiger partial charge >= 0.3 is 24.2 Å². The fourth-order valence-electron chi connectivity index (χ4n) is 1.43. The zero-order valence-electron chi connectivity index (χ0n) is 10.3. The van der Waals surface area contributed by atoms with Crippen LogP contribution in [0.25, 0.3) is 0 Å². The van der Waals surface area contributed by atoms with Gasteiger partial charge in [-0.15, -0.1) is 0 Å². The molecule has 0 heterocycles. The van der Waals surface area contributed by atoms with E-state index < -0.39 is 37.0 Å². The predicted octanol–water partition coefficient (Wildman–Crippen LogP) is 5.68. The van der Waals surface area contributed by atoms with Crippen molar-refractivity contribution >= 4 is 0 Å². The molecule has 0 nitrogen and oxygen atoms in total. The van der Waals surface area contributed by atoms with Crippen LogP contribution in [-0.2, 0) is 0 Å². The van der Waals surface area contributed by atoms with Crippen LogP contribution in [0.15, 0.2) is 0 Å². The molecule has 0 aliphatic rings. The molecule has 115 valence electrons. The molecule has 0 saturated heterocycles.